The number of carbonyl (C=O) groups excluding carboxylic acids is 2. The highest BCUT2D eigenvalue weighted by molar-refractivity contribution is 5.92. The van der Waals surface area contributed by atoms with Crippen molar-refractivity contribution in [3.05, 3.63) is 35.9 Å². The van der Waals surface area contributed by atoms with Gasteiger partial charge in [-0.15, -0.1) is 0 Å². The minimum absolute atomic E-state index is 0.183. The Morgan fingerprint density at radius 2 is 1.65 bits per heavy atom. The second-order valence-electron chi connectivity index (χ2n) is 5.86. The summed E-state index contributed by atoms with van der Waals surface area (Å²) in [6.45, 7) is 1.26. The van der Waals surface area contributed by atoms with E-state index in [1.807, 2.05) is 6.07 Å². The quantitative estimate of drug-likeness (QED) is 0.373. The average molecular weight is 365 g/mol. The van der Waals surface area contributed by atoms with Gasteiger partial charge in [0.25, 0.3) is 0 Å². The number of aliphatic carboxylic acids is 2. The predicted molar refractivity (Wildman–Crippen MR) is 92.2 cm³/mol. The molecule has 26 heavy (non-hydrogen) atoms. The maximum atomic E-state index is 12.2. The van der Waals surface area contributed by atoms with E-state index >= 15 is 0 Å². The molecule has 1 aromatic carbocycles. The van der Waals surface area contributed by atoms with Gasteiger partial charge in [-0.05, 0) is 25.3 Å². The summed E-state index contributed by atoms with van der Waals surface area (Å²) in [4.78, 5) is 46.0. The monoisotopic (exact) mass is 365 g/mol. The highest BCUT2D eigenvalue weighted by Gasteiger charge is 2.26. The lowest BCUT2D eigenvalue weighted by molar-refractivity contribution is -0.142. The molecule has 0 heterocycles. The molecular formula is C17H23N3O6. The van der Waals surface area contributed by atoms with E-state index in [4.69, 9.17) is 15.9 Å². The van der Waals surface area contributed by atoms with E-state index in [0.29, 0.717) is 0 Å². The van der Waals surface area contributed by atoms with Crippen molar-refractivity contribution in [2.75, 3.05) is 0 Å². The van der Waals surface area contributed by atoms with Crippen molar-refractivity contribution >= 4 is 23.8 Å². The van der Waals surface area contributed by atoms with E-state index in [1.54, 1.807) is 24.3 Å². The van der Waals surface area contributed by atoms with Gasteiger partial charge in [0.15, 0.2) is 0 Å². The summed E-state index contributed by atoms with van der Waals surface area (Å²) in [6.07, 6.45) is -0.309. The van der Waals surface area contributed by atoms with Crippen LogP contribution in [0.1, 0.15) is 25.3 Å². The van der Waals surface area contributed by atoms with Crippen LogP contribution in [0.5, 0.6) is 0 Å². The summed E-state index contributed by atoms with van der Waals surface area (Å²) in [7, 11) is 0. The Balaban J connectivity index is 2.73. The summed E-state index contributed by atoms with van der Waals surface area (Å²) >= 11 is 0. The smallest absolute Gasteiger partial charge is 0.325 e. The number of rotatable bonds is 10. The number of hydrogen-bond donors (Lipinski definition) is 5. The Kier molecular flexibility index (Phi) is 8.23. The molecule has 1 aromatic rings. The number of amides is 2. The molecule has 0 spiro atoms. The predicted octanol–water partition coefficient (Wildman–Crippen LogP) is -0.505. The standard InChI is InChI=1S/C17H23N3O6/c1-10(17(25)26)19-16(24)13(7-8-14(21)22)20-15(23)12(18)9-11-5-3-2-4-6-11/h2-6,10,12-13H,7-9,18H2,1H3,(H,19,24)(H,20,23)(H,21,22)(H,25,26). The third kappa shape index (κ3) is 7.31. The van der Waals surface area contributed by atoms with E-state index in [2.05, 4.69) is 10.6 Å². The van der Waals surface area contributed by atoms with Crippen molar-refractivity contribution in [3.63, 3.8) is 0 Å². The van der Waals surface area contributed by atoms with Crippen molar-refractivity contribution in [1.29, 1.82) is 0 Å². The molecule has 9 nitrogen and oxygen atoms in total. The molecule has 0 saturated carbocycles. The minimum atomic E-state index is -1.25. The number of nitrogens with two attached hydrogens (primary N) is 1. The van der Waals surface area contributed by atoms with E-state index < -0.39 is 41.9 Å². The molecule has 0 aliphatic heterocycles. The van der Waals surface area contributed by atoms with Crippen LogP contribution in [-0.2, 0) is 25.6 Å². The maximum Gasteiger partial charge on any atom is 0.325 e. The number of carboxylic acids is 2. The van der Waals surface area contributed by atoms with E-state index in [-0.39, 0.29) is 19.3 Å². The fourth-order valence-corrected chi connectivity index (χ4v) is 2.15. The second kappa shape index (κ2) is 10.1. The summed E-state index contributed by atoms with van der Waals surface area (Å²) < 4.78 is 0. The summed E-state index contributed by atoms with van der Waals surface area (Å²) in [6, 6.07) is 5.73. The zero-order chi connectivity index (χ0) is 19.7. The fraction of sp³-hybridized carbons (Fsp3) is 0.412. The van der Waals surface area contributed by atoms with Gasteiger partial charge in [0.2, 0.25) is 11.8 Å². The van der Waals surface area contributed by atoms with Crippen LogP contribution < -0.4 is 16.4 Å². The normalized spacial score (nSPS) is 13.9. The zero-order valence-corrected chi connectivity index (χ0v) is 14.3. The van der Waals surface area contributed by atoms with Gasteiger partial charge in [0.05, 0.1) is 6.04 Å². The van der Waals surface area contributed by atoms with E-state index in [0.717, 1.165) is 5.56 Å². The number of nitrogens with one attached hydrogen (secondary N) is 2. The first kappa shape index (κ1) is 21.1. The number of benzene rings is 1. The number of hydrogen-bond acceptors (Lipinski definition) is 5. The minimum Gasteiger partial charge on any atom is -0.481 e. The van der Waals surface area contributed by atoms with Crippen LogP contribution in [0.4, 0.5) is 0 Å². The van der Waals surface area contributed by atoms with Crippen molar-refractivity contribution in [1.82, 2.24) is 10.6 Å². The molecule has 0 fully saturated rings. The molecule has 6 N–H and O–H groups in total. The van der Waals surface area contributed by atoms with Crippen LogP contribution in [0.3, 0.4) is 0 Å². The Bertz CT molecular complexity index is 649. The number of carboxylic acid groups (broad SMARTS) is 2. The van der Waals surface area contributed by atoms with Crippen LogP contribution >= 0.6 is 0 Å². The molecule has 0 aromatic heterocycles. The van der Waals surface area contributed by atoms with Gasteiger partial charge in [0, 0.05) is 6.42 Å². The zero-order valence-electron chi connectivity index (χ0n) is 14.3. The van der Waals surface area contributed by atoms with Crippen LogP contribution in [0.2, 0.25) is 0 Å². The largest absolute Gasteiger partial charge is 0.481 e. The van der Waals surface area contributed by atoms with Gasteiger partial charge in [0.1, 0.15) is 12.1 Å². The molecule has 1 rings (SSSR count). The van der Waals surface area contributed by atoms with Gasteiger partial charge < -0.3 is 26.6 Å². The first-order valence-electron chi connectivity index (χ1n) is 8.05. The SMILES string of the molecule is CC(NC(=O)C(CCC(=O)O)NC(=O)C(N)Cc1ccccc1)C(=O)O. The summed E-state index contributed by atoms with van der Waals surface area (Å²) in [5.41, 5.74) is 6.68. The topological polar surface area (TPSA) is 159 Å². The van der Waals surface area contributed by atoms with Crippen LogP contribution in [-0.4, -0.2) is 52.1 Å². The first-order chi connectivity index (χ1) is 12.2. The molecule has 0 aliphatic rings. The molecule has 0 aliphatic carbocycles. The molecule has 3 atom stereocenters. The molecule has 0 bridgehead atoms. The highest BCUT2D eigenvalue weighted by Crippen LogP contribution is 2.04. The fourth-order valence-electron chi connectivity index (χ4n) is 2.15. The molecule has 3 unspecified atom stereocenters. The van der Waals surface area contributed by atoms with Crippen LogP contribution in [0, 0.1) is 0 Å². The molecule has 0 saturated heterocycles. The lowest BCUT2D eigenvalue weighted by atomic mass is 10.0. The van der Waals surface area contributed by atoms with Gasteiger partial charge in [-0.1, -0.05) is 30.3 Å². The highest BCUT2D eigenvalue weighted by atomic mass is 16.4. The van der Waals surface area contributed by atoms with Crippen molar-refractivity contribution < 1.29 is 29.4 Å². The Hall–Kier alpha value is -2.94. The van der Waals surface area contributed by atoms with Crippen molar-refractivity contribution in [3.8, 4) is 0 Å². The maximum absolute atomic E-state index is 12.2. The van der Waals surface area contributed by atoms with Gasteiger partial charge >= 0.3 is 11.9 Å². The molecule has 9 heteroatoms. The summed E-state index contributed by atoms with van der Waals surface area (Å²) in [5.74, 6) is -3.79. The lowest BCUT2D eigenvalue weighted by Gasteiger charge is -2.21. The summed E-state index contributed by atoms with van der Waals surface area (Å²) in [5, 5.41) is 22.3. The van der Waals surface area contributed by atoms with Crippen LogP contribution in [0.25, 0.3) is 0 Å². The van der Waals surface area contributed by atoms with E-state index in [1.165, 1.54) is 6.92 Å². The first-order valence-corrected chi connectivity index (χ1v) is 8.05. The van der Waals surface area contributed by atoms with Gasteiger partial charge in [-0.2, -0.15) is 0 Å². The molecule has 2 amide bonds. The Labute approximate surface area is 150 Å². The molecule has 142 valence electrons. The second-order valence-corrected chi connectivity index (χ2v) is 5.86. The molecule has 0 radical (unpaired) electrons. The Morgan fingerprint density at radius 1 is 1.04 bits per heavy atom. The lowest BCUT2D eigenvalue weighted by Crippen LogP contribution is -2.54. The number of carbonyl (C=O) groups is 4. The average Bonchev–Trinajstić information content (AvgIpc) is 2.58. The van der Waals surface area contributed by atoms with Gasteiger partial charge in [-0.3, -0.25) is 19.2 Å². The van der Waals surface area contributed by atoms with E-state index in [9.17, 15) is 19.2 Å². The van der Waals surface area contributed by atoms with Crippen molar-refractivity contribution in [2.24, 2.45) is 5.73 Å². The van der Waals surface area contributed by atoms with Crippen molar-refractivity contribution in [2.45, 2.75) is 44.3 Å². The Morgan fingerprint density at radius 3 is 2.19 bits per heavy atom. The third-order valence-electron chi connectivity index (χ3n) is 3.64. The third-order valence-corrected chi connectivity index (χ3v) is 3.64. The molecular weight excluding hydrogens is 342 g/mol. The van der Waals surface area contributed by atoms with Gasteiger partial charge in [-0.25, -0.2) is 0 Å². The van der Waals surface area contributed by atoms with Crippen LogP contribution in [0.15, 0.2) is 30.3 Å².